The SMILES string of the molecule is Cc1c(SN(C)Cc2cc(C(CC(=O)O)c3ccc(N(C)N)c(N)c3)ccc2Cl)cnn1C. The van der Waals surface area contributed by atoms with Gasteiger partial charge in [-0.05, 0) is 60.8 Å². The number of carboxylic acid groups (broad SMARTS) is 1. The quantitative estimate of drug-likeness (QED) is 0.179. The second kappa shape index (κ2) is 10.5. The van der Waals surface area contributed by atoms with Crippen molar-refractivity contribution in [2.24, 2.45) is 12.9 Å². The summed E-state index contributed by atoms with van der Waals surface area (Å²) in [4.78, 5) is 12.7. The zero-order valence-electron chi connectivity index (χ0n) is 19.1. The van der Waals surface area contributed by atoms with Crippen LogP contribution in [0.15, 0.2) is 47.5 Å². The van der Waals surface area contributed by atoms with Gasteiger partial charge in [-0.3, -0.25) is 9.48 Å². The normalized spacial score (nSPS) is 12.2. The molecule has 8 nitrogen and oxygen atoms in total. The van der Waals surface area contributed by atoms with Crippen LogP contribution in [0.25, 0.3) is 0 Å². The molecule has 1 unspecified atom stereocenters. The molecular weight excluding hydrogens is 460 g/mol. The molecule has 0 aliphatic carbocycles. The van der Waals surface area contributed by atoms with Crippen LogP contribution in [0.4, 0.5) is 11.4 Å². The van der Waals surface area contributed by atoms with Gasteiger partial charge in [-0.25, -0.2) is 10.1 Å². The van der Waals surface area contributed by atoms with Crippen molar-refractivity contribution in [3.05, 3.63) is 70.0 Å². The Kier molecular flexibility index (Phi) is 7.91. The number of aryl methyl sites for hydroxylation is 1. The van der Waals surface area contributed by atoms with Gasteiger partial charge in [0.2, 0.25) is 0 Å². The number of halogens is 1. The smallest absolute Gasteiger partial charge is 0.304 e. The average molecular weight is 489 g/mol. The number of nitrogen functional groups attached to an aromatic ring is 1. The molecule has 176 valence electrons. The van der Waals surface area contributed by atoms with Crippen molar-refractivity contribution in [3.63, 3.8) is 0 Å². The van der Waals surface area contributed by atoms with Gasteiger partial charge < -0.3 is 15.8 Å². The zero-order valence-corrected chi connectivity index (χ0v) is 20.7. The number of rotatable bonds is 9. The average Bonchev–Trinajstić information content (AvgIpc) is 3.05. The predicted molar refractivity (Wildman–Crippen MR) is 134 cm³/mol. The van der Waals surface area contributed by atoms with Crippen LogP contribution in [0.5, 0.6) is 0 Å². The van der Waals surface area contributed by atoms with Crippen molar-refractivity contribution in [1.29, 1.82) is 0 Å². The van der Waals surface area contributed by atoms with E-state index >= 15 is 0 Å². The molecule has 10 heteroatoms. The van der Waals surface area contributed by atoms with Crippen molar-refractivity contribution in [2.45, 2.75) is 30.7 Å². The highest BCUT2D eigenvalue weighted by atomic mass is 35.5. The number of carbonyl (C=O) groups is 1. The topological polar surface area (TPSA) is 114 Å². The first-order chi connectivity index (χ1) is 15.6. The molecule has 0 saturated heterocycles. The molecule has 3 rings (SSSR count). The molecular formula is C23H29ClN6O2S. The predicted octanol–water partition coefficient (Wildman–Crippen LogP) is 4.02. The van der Waals surface area contributed by atoms with Crippen LogP contribution in [0.1, 0.15) is 34.7 Å². The highest BCUT2D eigenvalue weighted by Gasteiger charge is 2.21. The molecule has 0 aliphatic rings. The Morgan fingerprint density at radius 2 is 1.91 bits per heavy atom. The monoisotopic (exact) mass is 488 g/mol. The lowest BCUT2D eigenvalue weighted by Gasteiger charge is -2.22. The van der Waals surface area contributed by atoms with Crippen molar-refractivity contribution in [3.8, 4) is 0 Å². The number of carboxylic acids is 1. The number of aliphatic carboxylic acids is 1. The maximum Gasteiger partial charge on any atom is 0.304 e. The first kappa shape index (κ1) is 24.9. The second-order valence-corrected chi connectivity index (χ2v) is 9.68. The molecule has 0 radical (unpaired) electrons. The summed E-state index contributed by atoms with van der Waals surface area (Å²) in [6, 6.07) is 11.1. The van der Waals surface area contributed by atoms with Gasteiger partial charge in [0.25, 0.3) is 0 Å². The van der Waals surface area contributed by atoms with Gasteiger partial charge in [0, 0.05) is 37.3 Å². The second-order valence-electron chi connectivity index (χ2n) is 8.03. The largest absolute Gasteiger partial charge is 0.481 e. The minimum atomic E-state index is -0.894. The van der Waals surface area contributed by atoms with Crippen molar-refractivity contribution >= 4 is 40.9 Å². The summed E-state index contributed by atoms with van der Waals surface area (Å²) in [6.45, 7) is 2.59. The Morgan fingerprint density at radius 3 is 2.48 bits per heavy atom. The third-order valence-electron chi connectivity index (χ3n) is 5.52. The standard InChI is InChI=1S/C23H29ClN6O2S/c1-14-22(12-27-30(14)4)33-28(2)13-17-9-15(5-7-19(17)24)18(11-23(31)32)16-6-8-21(29(3)26)20(25)10-16/h5-10,12,18H,11,13,25-26H2,1-4H3,(H,31,32). The number of anilines is 2. The minimum Gasteiger partial charge on any atom is -0.481 e. The molecule has 0 aliphatic heterocycles. The fraction of sp³-hybridized carbons (Fsp3) is 0.304. The fourth-order valence-corrected chi connectivity index (χ4v) is 4.73. The molecule has 1 heterocycles. The number of benzene rings is 2. The minimum absolute atomic E-state index is 0.0716. The molecule has 1 aromatic heterocycles. The van der Waals surface area contributed by atoms with E-state index in [0.717, 1.165) is 27.3 Å². The van der Waals surface area contributed by atoms with Crippen LogP contribution in [-0.4, -0.2) is 39.3 Å². The van der Waals surface area contributed by atoms with E-state index in [9.17, 15) is 9.90 Å². The molecule has 5 N–H and O–H groups in total. The Balaban J connectivity index is 1.89. The molecule has 3 aromatic rings. The molecule has 0 saturated carbocycles. The first-order valence-corrected chi connectivity index (χ1v) is 11.5. The molecule has 0 bridgehead atoms. The van der Waals surface area contributed by atoms with Gasteiger partial charge >= 0.3 is 5.97 Å². The lowest BCUT2D eigenvalue weighted by molar-refractivity contribution is -0.137. The maximum absolute atomic E-state index is 11.7. The summed E-state index contributed by atoms with van der Waals surface area (Å²) in [5, 5.41) is 15.9. The van der Waals surface area contributed by atoms with Crippen molar-refractivity contribution < 1.29 is 9.90 Å². The van der Waals surface area contributed by atoms with E-state index in [1.165, 1.54) is 5.01 Å². The molecule has 33 heavy (non-hydrogen) atoms. The zero-order chi connectivity index (χ0) is 24.3. The fourth-order valence-electron chi connectivity index (χ4n) is 3.65. The highest BCUT2D eigenvalue weighted by molar-refractivity contribution is 7.97. The number of hydrogen-bond acceptors (Lipinski definition) is 7. The summed E-state index contributed by atoms with van der Waals surface area (Å²) in [5.41, 5.74) is 11.0. The third-order valence-corrected chi connectivity index (χ3v) is 6.93. The van der Waals surface area contributed by atoms with Crippen molar-refractivity contribution in [1.82, 2.24) is 14.1 Å². The number of aromatic nitrogens is 2. The van der Waals surface area contributed by atoms with E-state index in [1.54, 1.807) is 31.1 Å². The van der Waals surface area contributed by atoms with Gasteiger partial charge in [-0.1, -0.05) is 29.8 Å². The van der Waals surface area contributed by atoms with E-state index < -0.39 is 5.97 Å². The Hall–Kier alpha value is -2.72. The van der Waals surface area contributed by atoms with E-state index in [0.29, 0.717) is 22.9 Å². The van der Waals surface area contributed by atoms with Crippen LogP contribution in [0.2, 0.25) is 5.02 Å². The summed E-state index contributed by atoms with van der Waals surface area (Å²) >= 11 is 8.09. The summed E-state index contributed by atoms with van der Waals surface area (Å²) < 4.78 is 3.91. The maximum atomic E-state index is 11.7. The summed E-state index contributed by atoms with van der Waals surface area (Å²) in [5.74, 6) is 4.54. The van der Waals surface area contributed by atoms with E-state index in [1.807, 2.05) is 56.2 Å². The van der Waals surface area contributed by atoms with Gasteiger partial charge in [-0.2, -0.15) is 5.10 Å². The molecule has 0 spiro atoms. The van der Waals surface area contributed by atoms with E-state index in [2.05, 4.69) is 9.40 Å². The number of nitrogens with two attached hydrogens (primary N) is 2. The van der Waals surface area contributed by atoms with Crippen molar-refractivity contribution in [2.75, 3.05) is 24.8 Å². The Labute approximate surface area is 203 Å². The third kappa shape index (κ3) is 6.00. The Bertz CT molecular complexity index is 1150. The van der Waals surface area contributed by atoms with Gasteiger partial charge in [0.05, 0.1) is 28.9 Å². The lowest BCUT2D eigenvalue weighted by atomic mass is 9.87. The molecule has 1 atom stereocenters. The Morgan fingerprint density at radius 1 is 1.24 bits per heavy atom. The number of nitrogens with zero attached hydrogens (tertiary/aromatic N) is 4. The first-order valence-electron chi connectivity index (χ1n) is 10.3. The van der Waals surface area contributed by atoms with Crippen LogP contribution in [0, 0.1) is 6.92 Å². The van der Waals surface area contributed by atoms with Gasteiger partial charge in [0.1, 0.15) is 0 Å². The van der Waals surface area contributed by atoms with Crippen LogP contribution >= 0.6 is 23.5 Å². The van der Waals surface area contributed by atoms with E-state index in [4.69, 9.17) is 23.2 Å². The lowest BCUT2D eigenvalue weighted by Crippen LogP contribution is -2.26. The van der Waals surface area contributed by atoms with Crippen LogP contribution < -0.4 is 16.6 Å². The number of hydrazine groups is 1. The number of hydrogen-bond donors (Lipinski definition) is 3. The highest BCUT2D eigenvalue weighted by Crippen LogP contribution is 2.35. The van der Waals surface area contributed by atoms with Gasteiger partial charge in [0.15, 0.2) is 0 Å². The molecule has 2 aromatic carbocycles. The molecule has 0 fully saturated rings. The molecule has 0 amide bonds. The summed E-state index contributed by atoms with van der Waals surface area (Å²) in [6.07, 6.45) is 1.77. The van der Waals surface area contributed by atoms with Gasteiger partial charge in [-0.15, -0.1) is 0 Å². The van der Waals surface area contributed by atoms with Crippen LogP contribution in [-0.2, 0) is 18.4 Å². The van der Waals surface area contributed by atoms with Crippen LogP contribution in [0.3, 0.4) is 0 Å². The van der Waals surface area contributed by atoms with E-state index in [-0.39, 0.29) is 12.3 Å². The summed E-state index contributed by atoms with van der Waals surface area (Å²) in [7, 11) is 5.60.